The lowest BCUT2D eigenvalue weighted by atomic mass is 9.91. The van der Waals surface area contributed by atoms with Crippen LogP contribution in [0.15, 0.2) is 18.2 Å². The van der Waals surface area contributed by atoms with Gasteiger partial charge in [0.2, 0.25) is 0 Å². The van der Waals surface area contributed by atoms with Crippen LogP contribution in [0.5, 0.6) is 0 Å². The first-order valence-corrected chi connectivity index (χ1v) is 2.93. The summed E-state index contributed by atoms with van der Waals surface area (Å²) in [5, 5.41) is 0. The third kappa shape index (κ3) is 2.70. The molecule has 0 aliphatic rings. The maximum atomic E-state index is 12.6. The van der Waals surface area contributed by atoms with Crippen LogP contribution in [-0.2, 0) is 0 Å². The molecule has 0 aliphatic heterocycles. The smallest absolute Gasteiger partial charge is 0.139 e. The molecule has 11 heavy (non-hydrogen) atoms. The van der Waals surface area contributed by atoms with Crippen molar-refractivity contribution in [3.63, 3.8) is 0 Å². The molecule has 0 radical (unpaired) electrons. The minimum atomic E-state index is -0.116. The molecule has 2 nitrogen and oxygen atoms in total. The molecule has 4 N–H and O–H groups in total. The summed E-state index contributed by atoms with van der Waals surface area (Å²) in [6.07, 6.45) is 0. The molecule has 1 aromatic rings. The largest absolute Gasteiger partial charge is 0.412 e. The molecule has 0 bridgehead atoms. The summed E-state index contributed by atoms with van der Waals surface area (Å²) in [5.41, 5.74) is 1.76. The van der Waals surface area contributed by atoms with Crippen LogP contribution in [0.1, 0.15) is 5.56 Å². The molecule has 0 saturated heterocycles. The van der Waals surface area contributed by atoms with Crippen molar-refractivity contribution in [2.45, 2.75) is 6.92 Å². The van der Waals surface area contributed by atoms with Gasteiger partial charge in [-0.25, -0.2) is 4.39 Å². The van der Waals surface area contributed by atoms with Gasteiger partial charge in [-0.3, -0.25) is 0 Å². The highest BCUT2D eigenvalue weighted by atomic mass is 19.1. The van der Waals surface area contributed by atoms with Gasteiger partial charge in [0, 0.05) is 0 Å². The average molecular weight is 158 g/mol. The standard InChI is InChI=1S/C7H8BF.2H2O/c1-5-6(8)3-2-4-7(5)9;;/h2-4H,8H2,1H3;2*1H2. The first-order valence-electron chi connectivity index (χ1n) is 2.93. The number of rotatable bonds is 0. The van der Waals surface area contributed by atoms with Gasteiger partial charge >= 0.3 is 0 Å². The van der Waals surface area contributed by atoms with Gasteiger partial charge in [0.15, 0.2) is 0 Å². The van der Waals surface area contributed by atoms with E-state index in [0.29, 0.717) is 0 Å². The van der Waals surface area contributed by atoms with Crippen molar-refractivity contribution in [2.75, 3.05) is 0 Å². The predicted octanol–water partition coefficient (Wildman–Crippen LogP) is -1.26. The zero-order valence-corrected chi connectivity index (χ0v) is 6.61. The van der Waals surface area contributed by atoms with E-state index < -0.39 is 0 Å². The van der Waals surface area contributed by atoms with Crippen molar-refractivity contribution in [1.29, 1.82) is 0 Å². The normalized spacial score (nSPS) is 7.82. The molecule has 0 heterocycles. The Morgan fingerprint density at radius 3 is 2.18 bits per heavy atom. The molecule has 0 atom stereocenters. The molecule has 0 saturated carbocycles. The van der Waals surface area contributed by atoms with Gasteiger partial charge in [0.05, 0.1) is 0 Å². The molecular formula is C7H12BFO2. The summed E-state index contributed by atoms with van der Waals surface area (Å²) < 4.78 is 12.6. The van der Waals surface area contributed by atoms with E-state index in [4.69, 9.17) is 0 Å². The highest BCUT2D eigenvalue weighted by molar-refractivity contribution is 6.33. The van der Waals surface area contributed by atoms with E-state index in [2.05, 4.69) is 0 Å². The molecule has 4 heteroatoms. The van der Waals surface area contributed by atoms with Crippen LogP contribution in [0, 0.1) is 12.7 Å². The Bertz CT molecular complexity index is 207. The van der Waals surface area contributed by atoms with Gasteiger partial charge in [-0.2, -0.15) is 0 Å². The van der Waals surface area contributed by atoms with Crippen LogP contribution in [0.2, 0.25) is 0 Å². The molecule has 1 rings (SSSR count). The lowest BCUT2D eigenvalue weighted by Crippen LogP contribution is -2.07. The number of benzene rings is 1. The Hall–Kier alpha value is -0.865. The highest BCUT2D eigenvalue weighted by Gasteiger charge is 1.95. The Kier molecular flexibility index (Phi) is 5.66. The highest BCUT2D eigenvalue weighted by Crippen LogP contribution is 1.99. The minimum Gasteiger partial charge on any atom is -0.412 e. The summed E-state index contributed by atoms with van der Waals surface area (Å²) in [6, 6.07) is 5.10. The van der Waals surface area contributed by atoms with Gasteiger partial charge in [0.1, 0.15) is 13.7 Å². The number of hydrogen-bond acceptors (Lipinski definition) is 0. The second-order valence-corrected chi connectivity index (χ2v) is 2.18. The zero-order valence-electron chi connectivity index (χ0n) is 6.61. The molecule has 0 aromatic heterocycles. The van der Waals surface area contributed by atoms with Gasteiger partial charge < -0.3 is 11.0 Å². The fourth-order valence-corrected chi connectivity index (χ4v) is 0.715. The van der Waals surface area contributed by atoms with Crippen LogP contribution in [0.25, 0.3) is 0 Å². The summed E-state index contributed by atoms with van der Waals surface area (Å²) in [7, 11) is 1.90. The van der Waals surface area contributed by atoms with Crippen molar-refractivity contribution in [3.05, 3.63) is 29.6 Å². The van der Waals surface area contributed by atoms with Crippen molar-refractivity contribution in [3.8, 4) is 0 Å². The maximum Gasteiger partial charge on any atom is 0.139 e. The molecular weight excluding hydrogens is 146 g/mol. The summed E-state index contributed by atoms with van der Waals surface area (Å²) >= 11 is 0. The van der Waals surface area contributed by atoms with E-state index in [0.717, 1.165) is 11.0 Å². The SMILES string of the molecule is Bc1cccc(F)c1C.O.O. The third-order valence-corrected chi connectivity index (χ3v) is 1.54. The lowest BCUT2D eigenvalue weighted by Gasteiger charge is -1.97. The Labute approximate surface area is 66.1 Å². The van der Waals surface area contributed by atoms with Crippen LogP contribution in [0.4, 0.5) is 4.39 Å². The topological polar surface area (TPSA) is 63.0 Å². The third-order valence-electron chi connectivity index (χ3n) is 1.54. The van der Waals surface area contributed by atoms with E-state index in [-0.39, 0.29) is 16.8 Å². The average Bonchev–Trinajstić information content (AvgIpc) is 1.83. The molecule has 0 aliphatic carbocycles. The summed E-state index contributed by atoms with van der Waals surface area (Å²) in [5.74, 6) is -0.116. The van der Waals surface area contributed by atoms with Crippen LogP contribution in [0.3, 0.4) is 0 Å². The fraction of sp³-hybridized carbons (Fsp3) is 0.143. The summed E-state index contributed by atoms with van der Waals surface area (Å²) in [4.78, 5) is 0. The maximum absolute atomic E-state index is 12.6. The van der Waals surface area contributed by atoms with E-state index >= 15 is 0 Å². The Balaban J connectivity index is 0. The van der Waals surface area contributed by atoms with Gasteiger partial charge in [-0.15, -0.1) is 0 Å². The number of halogens is 1. The second kappa shape index (κ2) is 4.88. The molecule has 0 amide bonds. The van der Waals surface area contributed by atoms with Gasteiger partial charge in [-0.1, -0.05) is 17.6 Å². The van der Waals surface area contributed by atoms with Crippen molar-refractivity contribution < 1.29 is 15.3 Å². The van der Waals surface area contributed by atoms with E-state index in [1.807, 2.05) is 13.9 Å². The fourth-order valence-electron chi connectivity index (χ4n) is 0.715. The van der Waals surface area contributed by atoms with Crippen molar-refractivity contribution in [1.82, 2.24) is 0 Å². The Morgan fingerprint density at radius 2 is 1.82 bits per heavy atom. The van der Waals surface area contributed by atoms with Crippen LogP contribution >= 0.6 is 0 Å². The van der Waals surface area contributed by atoms with Crippen LogP contribution < -0.4 is 5.46 Å². The monoisotopic (exact) mass is 158 g/mol. The van der Waals surface area contributed by atoms with Gasteiger partial charge in [-0.05, 0) is 18.6 Å². The quantitative estimate of drug-likeness (QED) is 0.423. The van der Waals surface area contributed by atoms with Crippen LogP contribution in [-0.4, -0.2) is 18.8 Å². The first-order chi connectivity index (χ1) is 4.22. The minimum absolute atomic E-state index is 0. The Morgan fingerprint density at radius 1 is 1.27 bits per heavy atom. The first kappa shape index (κ1) is 12.8. The molecule has 0 unspecified atom stereocenters. The van der Waals surface area contributed by atoms with E-state index in [1.165, 1.54) is 6.07 Å². The summed E-state index contributed by atoms with van der Waals surface area (Å²) in [6.45, 7) is 1.78. The van der Waals surface area contributed by atoms with Gasteiger partial charge in [0.25, 0.3) is 0 Å². The molecule has 62 valence electrons. The predicted molar refractivity (Wildman–Crippen MR) is 46.5 cm³/mol. The van der Waals surface area contributed by atoms with E-state index in [1.54, 1.807) is 13.0 Å². The van der Waals surface area contributed by atoms with Crippen molar-refractivity contribution >= 4 is 13.3 Å². The second-order valence-electron chi connectivity index (χ2n) is 2.18. The number of hydrogen-bond donors (Lipinski definition) is 0. The van der Waals surface area contributed by atoms with E-state index in [9.17, 15) is 4.39 Å². The lowest BCUT2D eigenvalue weighted by molar-refractivity contribution is 0.620. The van der Waals surface area contributed by atoms with Crippen molar-refractivity contribution in [2.24, 2.45) is 0 Å². The molecule has 1 aromatic carbocycles. The molecule has 0 spiro atoms. The molecule has 0 fully saturated rings. The zero-order chi connectivity index (χ0) is 6.85.